The van der Waals surface area contributed by atoms with E-state index in [0.717, 1.165) is 22.5 Å². The van der Waals surface area contributed by atoms with E-state index < -0.39 is 0 Å². The predicted octanol–water partition coefficient (Wildman–Crippen LogP) is 5.00. The molecule has 0 aliphatic rings. The van der Waals surface area contributed by atoms with Crippen LogP contribution in [0.2, 0.25) is 0 Å². The summed E-state index contributed by atoms with van der Waals surface area (Å²) in [6, 6.07) is 27.1. The molecule has 6 nitrogen and oxygen atoms in total. The van der Waals surface area contributed by atoms with Gasteiger partial charge in [0, 0.05) is 23.7 Å². The zero-order valence-corrected chi connectivity index (χ0v) is 17.3. The number of aromatic hydroxyl groups is 1. The Labute approximate surface area is 181 Å². The molecule has 0 fully saturated rings. The molecule has 0 saturated heterocycles. The van der Waals surface area contributed by atoms with Gasteiger partial charge in [0.05, 0.1) is 24.7 Å². The molecule has 1 heterocycles. The molecule has 31 heavy (non-hydrogen) atoms. The highest BCUT2D eigenvalue weighted by Crippen LogP contribution is 2.29. The number of para-hydroxylation sites is 1. The van der Waals surface area contributed by atoms with E-state index in [4.69, 9.17) is 14.7 Å². The summed E-state index contributed by atoms with van der Waals surface area (Å²) in [6.07, 6.45) is 1.55. The van der Waals surface area contributed by atoms with E-state index in [1.165, 1.54) is 7.11 Å². The Balaban J connectivity index is 1.73. The third-order valence-corrected chi connectivity index (χ3v) is 4.76. The highest BCUT2D eigenvalue weighted by molar-refractivity contribution is 5.85. The number of hydrazone groups is 1. The van der Waals surface area contributed by atoms with Crippen molar-refractivity contribution in [2.24, 2.45) is 5.10 Å². The quantitative estimate of drug-likeness (QED) is 0.358. The van der Waals surface area contributed by atoms with E-state index in [1.54, 1.807) is 36.5 Å². The van der Waals surface area contributed by atoms with Gasteiger partial charge < -0.3 is 9.84 Å². The minimum atomic E-state index is 0.0334. The zero-order chi connectivity index (χ0) is 21.6. The van der Waals surface area contributed by atoms with Crippen LogP contribution in [0, 0.1) is 0 Å². The van der Waals surface area contributed by atoms with Gasteiger partial charge in [0.15, 0.2) is 11.5 Å². The second-order valence-corrected chi connectivity index (χ2v) is 6.84. The van der Waals surface area contributed by atoms with Crippen molar-refractivity contribution in [1.82, 2.24) is 9.97 Å². The van der Waals surface area contributed by atoms with Gasteiger partial charge in [0.2, 0.25) is 5.95 Å². The van der Waals surface area contributed by atoms with Crippen LogP contribution in [-0.2, 0) is 0 Å². The van der Waals surface area contributed by atoms with Crippen molar-refractivity contribution in [3.05, 3.63) is 90.5 Å². The minimum absolute atomic E-state index is 0.0334. The molecule has 0 atom stereocenters. The zero-order valence-electron chi connectivity index (χ0n) is 17.3. The Morgan fingerprint density at radius 1 is 0.839 bits per heavy atom. The first-order chi connectivity index (χ1) is 15.2. The van der Waals surface area contributed by atoms with Crippen LogP contribution in [0.1, 0.15) is 5.56 Å². The van der Waals surface area contributed by atoms with E-state index >= 15 is 0 Å². The molecule has 0 amide bonds. The lowest BCUT2D eigenvalue weighted by atomic mass is 10.1. The fourth-order valence-corrected chi connectivity index (χ4v) is 3.10. The normalized spacial score (nSPS) is 10.9. The molecule has 4 aromatic rings. The molecule has 0 aliphatic carbocycles. The van der Waals surface area contributed by atoms with Gasteiger partial charge in [-0.25, -0.2) is 15.0 Å². The molecule has 0 radical (unpaired) electrons. The first-order valence-electron chi connectivity index (χ1n) is 9.79. The monoisotopic (exact) mass is 410 g/mol. The van der Waals surface area contributed by atoms with Crippen molar-refractivity contribution in [3.63, 3.8) is 0 Å². The molecule has 0 spiro atoms. The molecule has 0 unspecified atom stereocenters. The highest BCUT2D eigenvalue weighted by atomic mass is 16.5. The lowest BCUT2D eigenvalue weighted by Crippen LogP contribution is -2.13. The van der Waals surface area contributed by atoms with Gasteiger partial charge in [-0.15, -0.1) is 0 Å². The Bertz CT molecular complexity index is 1140. The predicted molar refractivity (Wildman–Crippen MR) is 124 cm³/mol. The maximum absolute atomic E-state index is 10.3. The van der Waals surface area contributed by atoms with Gasteiger partial charge in [0.1, 0.15) is 0 Å². The fourth-order valence-electron chi connectivity index (χ4n) is 3.10. The van der Waals surface area contributed by atoms with Crippen molar-refractivity contribution >= 4 is 12.2 Å². The van der Waals surface area contributed by atoms with Crippen molar-refractivity contribution in [2.45, 2.75) is 0 Å². The molecule has 3 aromatic carbocycles. The van der Waals surface area contributed by atoms with Gasteiger partial charge in [0.25, 0.3) is 0 Å². The number of phenolic OH excluding ortho intramolecular Hbond substituents is 1. The summed E-state index contributed by atoms with van der Waals surface area (Å²) in [6.45, 7) is 0. The third-order valence-electron chi connectivity index (χ3n) is 4.76. The summed E-state index contributed by atoms with van der Waals surface area (Å²) in [4.78, 5) is 9.42. The number of aromatic nitrogens is 2. The average Bonchev–Trinajstić information content (AvgIpc) is 2.84. The van der Waals surface area contributed by atoms with Crippen LogP contribution in [0.15, 0.2) is 90.0 Å². The van der Waals surface area contributed by atoms with E-state index in [1.807, 2.05) is 66.7 Å². The number of methoxy groups -OCH3 is 1. The van der Waals surface area contributed by atoms with Crippen LogP contribution in [0.5, 0.6) is 11.5 Å². The number of phenols is 1. The molecular weight excluding hydrogens is 388 g/mol. The summed E-state index contributed by atoms with van der Waals surface area (Å²) in [5.74, 6) is 0.866. The maximum Gasteiger partial charge on any atom is 0.247 e. The van der Waals surface area contributed by atoms with Gasteiger partial charge in [-0.2, -0.15) is 5.10 Å². The van der Waals surface area contributed by atoms with E-state index in [0.29, 0.717) is 17.3 Å². The summed E-state index contributed by atoms with van der Waals surface area (Å²) in [7, 11) is 3.28. The molecule has 4 rings (SSSR count). The van der Waals surface area contributed by atoms with Crippen LogP contribution < -0.4 is 9.75 Å². The molecule has 154 valence electrons. The fraction of sp³-hybridized carbons (Fsp3) is 0.0800. The molecule has 0 saturated carbocycles. The van der Waals surface area contributed by atoms with Crippen LogP contribution in [-0.4, -0.2) is 35.4 Å². The van der Waals surface area contributed by atoms with Gasteiger partial charge >= 0.3 is 0 Å². The lowest BCUT2D eigenvalue weighted by Gasteiger charge is -2.14. The van der Waals surface area contributed by atoms with Gasteiger partial charge in [-0.1, -0.05) is 66.7 Å². The second-order valence-electron chi connectivity index (χ2n) is 6.84. The van der Waals surface area contributed by atoms with Crippen LogP contribution in [0.4, 0.5) is 5.95 Å². The summed E-state index contributed by atoms with van der Waals surface area (Å²) >= 11 is 0. The van der Waals surface area contributed by atoms with E-state index in [-0.39, 0.29) is 5.75 Å². The number of hydrogen-bond donors (Lipinski definition) is 1. The molecule has 0 aliphatic heterocycles. The Morgan fingerprint density at radius 3 is 1.97 bits per heavy atom. The summed E-state index contributed by atoms with van der Waals surface area (Å²) < 4.78 is 5.16. The number of ether oxygens (including phenoxy) is 1. The average molecular weight is 410 g/mol. The second kappa shape index (κ2) is 9.09. The SMILES string of the molecule is COc1cccc(/C=N/N(C)c2nc(-c3ccccc3)cc(-c3ccccc3)n2)c1O. The maximum atomic E-state index is 10.3. The summed E-state index contributed by atoms with van der Waals surface area (Å²) in [5, 5.41) is 16.3. The molecular formula is C25H22N4O2. The van der Waals surface area contributed by atoms with Gasteiger partial charge in [-0.3, -0.25) is 0 Å². The highest BCUT2D eigenvalue weighted by Gasteiger charge is 2.12. The van der Waals surface area contributed by atoms with Crippen molar-refractivity contribution in [3.8, 4) is 34.0 Å². The number of anilines is 1. The van der Waals surface area contributed by atoms with Crippen molar-refractivity contribution in [1.29, 1.82) is 0 Å². The Kier molecular flexibility index (Phi) is 5.89. The number of nitrogens with zero attached hydrogens (tertiary/aromatic N) is 4. The van der Waals surface area contributed by atoms with Gasteiger partial charge in [-0.05, 0) is 18.2 Å². The van der Waals surface area contributed by atoms with E-state index in [9.17, 15) is 5.11 Å². The standard InChI is InChI=1S/C25H22N4O2/c1-29(26-17-20-14-9-15-23(31-2)24(20)30)25-27-21(18-10-5-3-6-11-18)16-22(28-25)19-12-7-4-8-13-19/h3-17,30H,1-2H3/b26-17+. The molecule has 1 N–H and O–H groups in total. The summed E-state index contributed by atoms with van der Waals surface area (Å²) in [5.41, 5.74) is 4.12. The molecule has 6 heteroatoms. The largest absolute Gasteiger partial charge is 0.504 e. The Hall–Kier alpha value is -4.19. The number of benzene rings is 3. The number of hydrogen-bond acceptors (Lipinski definition) is 6. The molecule has 1 aromatic heterocycles. The number of rotatable bonds is 6. The molecule has 0 bridgehead atoms. The minimum Gasteiger partial charge on any atom is -0.504 e. The van der Waals surface area contributed by atoms with Crippen LogP contribution >= 0.6 is 0 Å². The van der Waals surface area contributed by atoms with E-state index in [2.05, 4.69) is 5.10 Å². The Morgan fingerprint density at radius 2 is 1.42 bits per heavy atom. The lowest BCUT2D eigenvalue weighted by molar-refractivity contribution is 0.373. The van der Waals surface area contributed by atoms with Crippen molar-refractivity contribution in [2.75, 3.05) is 19.2 Å². The smallest absolute Gasteiger partial charge is 0.247 e. The van der Waals surface area contributed by atoms with Crippen molar-refractivity contribution < 1.29 is 9.84 Å². The first kappa shape index (κ1) is 20.1. The third kappa shape index (κ3) is 4.53. The van der Waals surface area contributed by atoms with Crippen LogP contribution in [0.25, 0.3) is 22.5 Å². The first-order valence-corrected chi connectivity index (χ1v) is 9.79. The van der Waals surface area contributed by atoms with Crippen LogP contribution in [0.3, 0.4) is 0 Å². The topological polar surface area (TPSA) is 70.8 Å².